The van der Waals surface area contributed by atoms with Crippen molar-refractivity contribution in [2.24, 2.45) is 0 Å². The fraction of sp³-hybridized carbons (Fsp3) is 0.400. The van der Waals surface area contributed by atoms with Crippen LogP contribution in [-0.2, 0) is 10.9 Å². The second kappa shape index (κ2) is 4.67. The van der Waals surface area contributed by atoms with Gasteiger partial charge in [0.15, 0.2) is 6.23 Å². The van der Waals surface area contributed by atoms with Crippen molar-refractivity contribution >= 4 is 0 Å². The summed E-state index contributed by atoms with van der Waals surface area (Å²) in [4.78, 5) is 24.1. The van der Waals surface area contributed by atoms with Crippen LogP contribution in [0.4, 0.5) is 13.2 Å². The van der Waals surface area contributed by atoms with Gasteiger partial charge in [-0.2, -0.15) is 13.2 Å². The number of aromatic nitrogens is 2. The summed E-state index contributed by atoms with van der Waals surface area (Å²) >= 11 is 0. The normalized spacial score (nSPS) is 23.6. The molecule has 0 aromatic carbocycles. The Labute approximate surface area is 103 Å². The van der Waals surface area contributed by atoms with Crippen molar-refractivity contribution in [3.05, 3.63) is 44.8 Å². The monoisotopic (exact) mass is 278 g/mol. The van der Waals surface area contributed by atoms with Crippen LogP contribution in [0.1, 0.15) is 11.8 Å². The number of hydrogen-bond donors (Lipinski definition) is 2. The molecule has 0 saturated heterocycles. The van der Waals surface area contributed by atoms with Gasteiger partial charge in [-0.25, -0.2) is 4.79 Å². The molecule has 6 nitrogen and oxygen atoms in total. The fourth-order valence-corrected chi connectivity index (χ4v) is 1.66. The molecule has 2 rings (SSSR count). The highest BCUT2D eigenvalue weighted by molar-refractivity contribution is 5.10. The minimum absolute atomic E-state index is 0.0364. The number of nitrogens with zero attached hydrogens (tertiary/aromatic N) is 1. The largest absolute Gasteiger partial charge is 0.423 e. The van der Waals surface area contributed by atoms with Gasteiger partial charge in [0.1, 0.15) is 11.7 Å². The van der Waals surface area contributed by atoms with Crippen molar-refractivity contribution < 1.29 is 23.0 Å². The van der Waals surface area contributed by atoms with Crippen molar-refractivity contribution in [3.8, 4) is 0 Å². The first-order valence-electron chi connectivity index (χ1n) is 5.19. The molecule has 2 N–H and O–H groups in total. The van der Waals surface area contributed by atoms with Crippen LogP contribution in [0.15, 0.2) is 27.9 Å². The number of aromatic amines is 1. The lowest BCUT2D eigenvalue weighted by Crippen LogP contribution is -2.41. The Hall–Kier alpha value is -1.87. The second-order valence-corrected chi connectivity index (χ2v) is 3.85. The number of alkyl halides is 3. The van der Waals surface area contributed by atoms with E-state index in [2.05, 4.69) is 0 Å². The quantitative estimate of drug-likeness (QED) is 0.708. The number of halogens is 3. The van der Waals surface area contributed by atoms with Crippen LogP contribution in [0.5, 0.6) is 0 Å². The number of ether oxygens (including phenoxy) is 1. The summed E-state index contributed by atoms with van der Waals surface area (Å²) in [6.07, 6.45) is -4.40. The van der Waals surface area contributed by atoms with Gasteiger partial charge in [0.05, 0.1) is 6.61 Å². The summed E-state index contributed by atoms with van der Waals surface area (Å²) in [6, 6.07) is 0. The molecule has 0 radical (unpaired) electrons. The number of hydrogen-bond acceptors (Lipinski definition) is 4. The maximum atomic E-state index is 12.6. The smallest absolute Gasteiger partial charge is 0.384 e. The molecule has 1 aliphatic rings. The first-order valence-corrected chi connectivity index (χ1v) is 5.19. The van der Waals surface area contributed by atoms with Gasteiger partial charge in [-0.1, -0.05) is 12.2 Å². The summed E-state index contributed by atoms with van der Waals surface area (Å²) in [5.41, 5.74) is -4.15. The van der Waals surface area contributed by atoms with Crippen LogP contribution in [-0.4, -0.2) is 27.4 Å². The van der Waals surface area contributed by atoms with E-state index in [1.807, 2.05) is 0 Å². The molecular formula is C10H9F3N2O4. The van der Waals surface area contributed by atoms with Crippen LogP contribution < -0.4 is 11.2 Å². The summed E-state index contributed by atoms with van der Waals surface area (Å²) in [7, 11) is 0. The van der Waals surface area contributed by atoms with E-state index in [4.69, 9.17) is 4.74 Å². The molecule has 0 bridgehead atoms. The highest BCUT2D eigenvalue weighted by Crippen LogP contribution is 2.26. The van der Waals surface area contributed by atoms with Gasteiger partial charge in [0.2, 0.25) is 0 Å². The van der Waals surface area contributed by atoms with Crippen LogP contribution in [0.25, 0.3) is 0 Å². The Bertz CT molecular complexity index is 616. The van der Waals surface area contributed by atoms with E-state index in [0.717, 1.165) is 0 Å². The molecule has 0 amide bonds. The summed E-state index contributed by atoms with van der Waals surface area (Å²) in [6.45, 7) is 0.0364. The van der Waals surface area contributed by atoms with Crippen LogP contribution in [0, 0.1) is 0 Å². The van der Waals surface area contributed by atoms with Crippen molar-refractivity contribution in [3.63, 3.8) is 0 Å². The lowest BCUT2D eigenvalue weighted by atomic mass is 10.2. The van der Waals surface area contributed by atoms with E-state index in [9.17, 15) is 27.9 Å². The molecule has 0 aliphatic carbocycles. The van der Waals surface area contributed by atoms with Gasteiger partial charge in [-0.05, 0) is 0 Å². The van der Waals surface area contributed by atoms with Crippen molar-refractivity contribution in [2.75, 3.05) is 6.61 Å². The number of nitrogens with one attached hydrogen (secondary N) is 1. The summed E-state index contributed by atoms with van der Waals surface area (Å²) in [5, 5.41) is 9.57. The molecular weight excluding hydrogens is 269 g/mol. The Morgan fingerprint density at radius 3 is 2.68 bits per heavy atom. The van der Waals surface area contributed by atoms with Gasteiger partial charge in [-0.15, -0.1) is 0 Å². The van der Waals surface area contributed by atoms with E-state index in [-0.39, 0.29) is 6.61 Å². The Morgan fingerprint density at radius 2 is 2.11 bits per heavy atom. The number of H-pyrrole nitrogens is 1. The van der Waals surface area contributed by atoms with Gasteiger partial charge in [0, 0.05) is 6.20 Å². The highest BCUT2D eigenvalue weighted by Gasteiger charge is 2.36. The van der Waals surface area contributed by atoms with Gasteiger partial charge >= 0.3 is 11.9 Å². The van der Waals surface area contributed by atoms with E-state index >= 15 is 0 Å². The first-order chi connectivity index (χ1) is 8.80. The predicted molar refractivity (Wildman–Crippen MR) is 56.5 cm³/mol. The molecule has 2 atom stereocenters. The van der Waals surface area contributed by atoms with Gasteiger partial charge in [0.25, 0.3) is 5.56 Å². The summed E-state index contributed by atoms with van der Waals surface area (Å²) < 4.78 is 43.2. The van der Waals surface area contributed by atoms with E-state index in [1.54, 1.807) is 4.98 Å². The number of aliphatic hydroxyl groups is 1. The number of aliphatic hydroxyl groups excluding tert-OH is 1. The SMILES string of the molecule is O=c1[nH]c(=O)n([C@H]2OCC=C[C@@H]2O)cc1C(F)(F)F. The molecule has 0 saturated carbocycles. The third-order valence-electron chi connectivity index (χ3n) is 2.54. The third-order valence-corrected chi connectivity index (χ3v) is 2.54. The zero-order valence-corrected chi connectivity index (χ0v) is 9.35. The average Bonchev–Trinajstić information content (AvgIpc) is 2.29. The molecule has 104 valence electrons. The third kappa shape index (κ3) is 2.61. The number of rotatable bonds is 1. The topological polar surface area (TPSA) is 84.3 Å². The van der Waals surface area contributed by atoms with Crippen molar-refractivity contribution in [1.29, 1.82) is 0 Å². The highest BCUT2D eigenvalue weighted by atomic mass is 19.4. The zero-order chi connectivity index (χ0) is 14.2. The molecule has 0 fully saturated rings. The zero-order valence-electron chi connectivity index (χ0n) is 9.35. The fourth-order valence-electron chi connectivity index (χ4n) is 1.66. The Morgan fingerprint density at radius 1 is 1.42 bits per heavy atom. The molecule has 1 aromatic heterocycles. The molecule has 2 heterocycles. The van der Waals surface area contributed by atoms with E-state index in [1.165, 1.54) is 12.2 Å². The van der Waals surface area contributed by atoms with E-state index in [0.29, 0.717) is 10.8 Å². The molecule has 1 aromatic rings. The standard InChI is InChI=1S/C10H9F3N2O4/c11-10(12,13)5-4-15(9(18)14-7(5)17)8-6(16)2-1-3-19-8/h1-2,4,6,8,16H,3H2,(H,14,17,18)/t6-,8-/m0/s1. The lowest BCUT2D eigenvalue weighted by Gasteiger charge is -2.25. The lowest BCUT2D eigenvalue weighted by molar-refractivity contribution is -0.140. The van der Waals surface area contributed by atoms with Gasteiger partial charge < -0.3 is 9.84 Å². The van der Waals surface area contributed by atoms with Crippen molar-refractivity contribution in [2.45, 2.75) is 18.5 Å². The van der Waals surface area contributed by atoms with Crippen LogP contribution in [0.2, 0.25) is 0 Å². The molecule has 9 heteroatoms. The molecule has 0 unspecified atom stereocenters. The molecule has 19 heavy (non-hydrogen) atoms. The second-order valence-electron chi connectivity index (χ2n) is 3.85. The molecule has 1 aliphatic heterocycles. The Kier molecular flexibility index (Phi) is 3.33. The van der Waals surface area contributed by atoms with Crippen molar-refractivity contribution in [1.82, 2.24) is 9.55 Å². The van der Waals surface area contributed by atoms with E-state index < -0.39 is 35.3 Å². The minimum Gasteiger partial charge on any atom is -0.384 e. The average molecular weight is 278 g/mol. The van der Waals surface area contributed by atoms with Crippen LogP contribution in [0.3, 0.4) is 0 Å². The maximum absolute atomic E-state index is 12.6. The maximum Gasteiger partial charge on any atom is 0.423 e. The summed E-state index contributed by atoms with van der Waals surface area (Å²) in [5.74, 6) is 0. The molecule has 0 spiro atoms. The Balaban J connectivity index is 2.55. The predicted octanol–water partition coefficient (Wildman–Crippen LogP) is 0.00130. The minimum atomic E-state index is -4.90. The van der Waals surface area contributed by atoms with Gasteiger partial charge in [-0.3, -0.25) is 14.3 Å². The first kappa shape index (κ1) is 13.6. The van der Waals surface area contributed by atoms with Crippen LogP contribution >= 0.6 is 0 Å².